The zero-order chi connectivity index (χ0) is 18.0. The fraction of sp³-hybridized carbons (Fsp3) is 0.611. The van der Waals surface area contributed by atoms with Crippen LogP contribution in [0.4, 0.5) is 0 Å². The van der Waals surface area contributed by atoms with Crippen molar-refractivity contribution < 1.29 is 14.8 Å². The summed E-state index contributed by atoms with van der Waals surface area (Å²) in [6.45, 7) is 5.08. The lowest BCUT2D eigenvalue weighted by molar-refractivity contribution is -0.694. The lowest BCUT2D eigenvalue weighted by Crippen LogP contribution is -2.85. The molecule has 25 heavy (non-hydrogen) atoms. The number of methoxy groups -OCH3 is 1. The molecule has 1 aliphatic rings. The average molecular weight is 364 g/mol. The molecule has 0 aliphatic heterocycles. The molecule has 0 aromatic carbocycles. The van der Waals surface area contributed by atoms with Crippen LogP contribution in [0, 0.1) is 5.92 Å². The molecule has 0 saturated carbocycles. The maximum Gasteiger partial charge on any atom is 0.305 e. The second kappa shape index (κ2) is 7.66. The molecule has 7 heteroatoms. The van der Waals surface area contributed by atoms with E-state index >= 15 is 0 Å². The zero-order valence-electron chi connectivity index (χ0n) is 15.1. The number of nitrogens with two attached hydrogens (primary N) is 1. The van der Waals surface area contributed by atoms with Gasteiger partial charge in [-0.2, -0.15) is 0 Å². The standard InChI is InChI=1S/C18H25N3O3S/c1-10-6-7-12-13(9-10)25-18-15(12)17(23)20-16(21-18)11(2)19-8-4-5-14(22)24-3/h10-11,19H,4-9H2,1-3H3,(H,20,21,23)/p+1/t10-,11-/m0/s1. The van der Waals surface area contributed by atoms with E-state index in [9.17, 15) is 9.59 Å². The van der Waals surface area contributed by atoms with Gasteiger partial charge in [-0.1, -0.05) is 6.92 Å². The summed E-state index contributed by atoms with van der Waals surface area (Å²) < 4.78 is 4.64. The number of carbonyl (C=O) groups excluding carboxylic acids is 1. The summed E-state index contributed by atoms with van der Waals surface area (Å²) in [5.41, 5.74) is 1.20. The molecule has 0 bridgehead atoms. The van der Waals surface area contributed by atoms with Gasteiger partial charge in [0, 0.05) is 11.3 Å². The number of thiophene rings is 1. The van der Waals surface area contributed by atoms with Gasteiger partial charge in [-0.05, 0) is 37.7 Å². The number of aromatic nitrogens is 2. The van der Waals surface area contributed by atoms with Crippen LogP contribution in [0.25, 0.3) is 10.2 Å². The first-order valence-corrected chi connectivity index (χ1v) is 9.75. The number of ether oxygens (including phenoxy) is 1. The number of aromatic amines is 1. The molecule has 0 fully saturated rings. The Morgan fingerprint density at radius 3 is 3.08 bits per heavy atom. The van der Waals surface area contributed by atoms with Gasteiger partial charge in [-0.3, -0.25) is 9.59 Å². The Morgan fingerprint density at radius 1 is 1.52 bits per heavy atom. The van der Waals surface area contributed by atoms with Gasteiger partial charge >= 0.3 is 5.97 Å². The quantitative estimate of drug-likeness (QED) is 0.603. The third-order valence-corrected chi connectivity index (χ3v) is 6.10. The molecule has 1 aliphatic carbocycles. The van der Waals surface area contributed by atoms with Gasteiger partial charge < -0.3 is 15.0 Å². The number of hydrogen-bond donors (Lipinski definition) is 2. The van der Waals surface area contributed by atoms with Crippen molar-refractivity contribution in [3.8, 4) is 0 Å². The summed E-state index contributed by atoms with van der Waals surface area (Å²) >= 11 is 1.68. The SMILES string of the molecule is COC(=O)CCC[NH2+][C@@H](C)c1nc2sc3c(c2c(=O)[nH]1)CC[C@H](C)C3. The molecular weight excluding hydrogens is 338 g/mol. The van der Waals surface area contributed by atoms with E-state index in [1.165, 1.54) is 17.6 Å². The van der Waals surface area contributed by atoms with E-state index in [-0.39, 0.29) is 17.6 Å². The molecular formula is C18H26N3O3S+. The van der Waals surface area contributed by atoms with E-state index in [1.807, 2.05) is 6.92 Å². The zero-order valence-corrected chi connectivity index (χ0v) is 15.9. The average Bonchev–Trinajstić information content (AvgIpc) is 2.95. The molecule has 136 valence electrons. The van der Waals surface area contributed by atoms with Crippen molar-refractivity contribution in [2.75, 3.05) is 13.7 Å². The summed E-state index contributed by atoms with van der Waals surface area (Å²) in [6, 6.07) is 0.0489. The lowest BCUT2D eigenvalue weighted by Gasteiger charge is -2.17. The van der Waals surface area contributed by atoms with Crippen molar-refractivity contribution in [1.29, 1.82) is 0 Å². The molecule has 0 unspecified atom stereocenters. The fourth-order valence-corrected chi connectivity index (χ4v) is 4.80. The maximum absolute atomic E-state index is 12.6. The second-order valence-electron chi connectivity index (χ2n) is 6.98. The highest BCUT2D eigenvalue weighted by Crippen LogP contribution is 2.35. The first kappa shape index (κ1) is 18.1. The number of aryl methyl sites for hydroxylation is 1. The summed E-state index contributed by atoms with van der Waals surface area (Å²) in [4.78, 5) is 33.7. The molecule has 2 aromatic heterocycles. The number of nitrogens with one attached hydrogen (secondary N) is 1. The lowest BCUT2D eigenvalue weighted by atomic mass is 9.89. The van der Waals surface area contributed by atoms with Crippen molar-refractivity contribution in [3.05, 3.63) is 26.6 Å². The van der Waals surface area contributed by atoms with Crippen molar-refractivity contribution in [2.45, 2.75) is 52.0 Å². The Labute approximate surface area is 151 Å². The topological polar surface area (TPSA) is 88.7 Å². The largest absolute Gasteiger partial charge is 0.469 e. The van der Waals surface area contributed by atoms with Gasteiger partial charge in [0.15, 0.2) is 5.82 Å². The summed E-state index contributed by atoms with van der Waals surface area (Å²) in [6.07, 6.45) is 4.34. The third-order valence-electron chi connectivity index (χ3n) is 4.95. The van der Waals surface area contributed by atoms with Gasteiger partial charge in [-0.25, -0.2) is 4.98 Å². The number of hydrogen-bond acceptors (Lipinski definition) is 5. The highest BCUT2D eigenvalue weighted by atomic mass is 32.1. The van der Waals surface area contributed by atoms with Crippen LogP contribution < -0.4 is 10.9 Å². The van der Waals surface area contributed by atoms with Crippen molar-refractivity contribution in [1.82, 2.24) is 9.97 Å². The predicted molar refractivity (Wildman–Crippen MR) is 97.9 cm³/mol. The second-order valence-corrected chi connectivity index (χ2v) is 8.06. The van der Waals surface area contributed by atoms with Crippen molar-refractivity contribution in [3.63, 3.8) is 0 Å². The van der Waals surface area contributed by atoms with E-state index in [0.29, 0.717) is 18.2 Å². The number of carbonyl (C=O) groups is 1. The number of quaternary nitrogens is 1. The minimum Gasteiger partial charge on any atom is -0.469 e. The molecule has 2 aromatic rings. The number of rotatable bonds is 6. The minimum absolute atomic E-state index is 0.0122. The molecule has 3 N–H and O–H groups in total. The van der Waals surface area contributed by atoms with Crippen molar-refractivity contribution >= 4 is 27.5 Å². The fourth-order valence-electron chi connectivity index (χ4n) is 3.41. The first-order valence-electron chi connectivity index (χ1n) is 8.94. The molecule has 2 heterocycles. The molecule has 0 saturated heterocycles. The smallest absolute Gasteiger partial charge is 0.305 e. The molecule has 3 rings (SSSR count). The van der Waals surface area contributed by atoms with E-state index < -0.39 is 0 Å². The Balaban J connectivity index is 1.74. The Kier molecular flexibility index (Phi) is 5.54. The predicted octanol–water partition coefficient (Wildman–Crippen LogP) is 1.69. The Morgan fingerprint density at radius 2 is 2.32 bits per heavy atom. The molecule has 2 atom stereocenters. The van der Waals surface area contributed by atoms with Gasteiger partial charge in [0.05, 0.1) is 25.5 Å². The number of H-pyrrole nitrogens is 1. The van der Waals surface area contributed by atoms with E-state index in [2.05, 4.69) is 22.0 Å². The normalized spacial score (nSPS) is 18.1. The van der Waals surface area contributed by atoms with E-state index in [0.717, 1.165) is 42.4 Å². The summed E-state index contributed by atoms with van der Waals surface area (Å²) in [5, 5.41) is 2.90. The highest BCUT2D eigenvalue weighted by molar-refractivity contribution is 7.18. The van der Waals surface area contributed by atoms with Crippen LogP contribution >= 0.6 is 11.3 Å². The van der Waals surface area contributed by atoms with Crippen LogP contribution in [0.1, 0.15) is 55.4 Å². The van der Waals surface area contributed by atoms with Crippen LogP contribution in [0.15, 0.2) is 4.79 Å². The first-order chi connectivity index (χ1) is 12.0. The number of fused-ring (bicyclic) bond motifs is 3. The summed E-state index contributed by atoms with van der Waals surface area (Å²) in [7, 11) is 1.40. The van der Waals surface area contributed by atoms with Gasteiger partial charge in [0.2, 0.25) is 0 Å². The van der Waals surface area contributed by atoms with Crippen LogP contribution in [-0.4, -0.2) is 29.6 Å². The van der Waals surface area contributed by atoms with Crippen molar-refractivity contribution in [2.24, 2.45) is 5.92 Å². The van der Waals surface area contributed by atoms with E-state index in [4.69, 9.17) is 4.98 Å². The van der Waals surface area contributed by atoms with Gasteiger partial charge in [-0.15, -0.1) is 11.3 Å². The van der Waals surface area contributed by atoms with Crippen LogP contribution in [-0.2, 0) is 22.4 Å². The summed E-state index contributed by atoms with van der Waals surface area (Å²) in [5.74, 6) is 1.20. The minimum atomic E-state index is -0.188. The van der Waals surface area contributed by atoms with Gasteiger partial charge in [0.1, 0.15) is 10.9 Å². The third kappa shape index (κ3) is 3.93. The number of nitrogens with zero attached hydrogens (tertiary/aromatic N) is 1. The van der Waals surface area contributed by atoms with Gasteiger partial charge in [0.25, 0.3) is 5.56 Å². The molecule has 0 amide bonds. The Hall–Kier alpha value is -1.73. The van der Waals surface area contributed by atoms with Crippen LogP contribution in [0.5, 0.6) is 0 Å². The molecule has 6 nitrogen and oxygen atoms in total. The number of esters is 1. The Bertz CT molecular complexity index is 827. The molecule has 0 radical (unpaired) electrons. The molecule has 0 spiro atoms. The van der Waals surface area contributed by atoms with Crippen LogP contribution in [0.2, 0.25) is 0 Å². The van der Waals surface area contributed by atoms with E-state index in [1.54, 1.807) is 11.3 Å². The highest BCUT2D eigenvalue weighted by Gasteiger charge is 2.24. The maximum atomic E-state index is 12.6. The van der Waals surface area contributed by atoms with Crippen LogP contribution in [0.3, 0.4) is 0 Å². The monoisotopic (exact) mass is 364 g/mol.